The summed E-state index contributed by atoms with van der Waals surface area (Å²) < 4.78 is 5.48. The molecule has 72 valence electrons. The van der Waals surface area contributed by atoms with E-state index >= 15 is 0 Å². The number of anilines is 1. The molecule has 1 heterocycles. The molecule has 0 aliphatic heterocycles. The Morgan fingerprint density at radius 3 is 3.21 bits per heavy atom. The third-order valence-corrected chi connectivity index (χ3v) is 2.54. The van der Waals surface area contributed by atoms with E-state index in [1.54, 1.807) is 6.07 Å². The first-order valence-electron chi connectivity index (χ1n) is 4.19. The van der Waals surface area contributed by atoms with Crippen LogP contribution >= 0.6 is 11.8 Å². The fourth-order valence-electron chi connectivity index (χ4n) is 1.11. The molecular weight excluding hydrogens is 196 g/mol. The van der Waals surface area contributed by atoms with Crippen molar-refractivity contribution in [2.24, 2.45) is 0 Å². The molecule has 0 bridgehead atoms. The molecule has 0 spiro atoms. The summed E-state index contributed by atoms with van der Waals surface area (Å²) in [5.74, 6) is 0.794. The topological polar surface area (TPSA) is 52.0 Å². The second-order valence-corrected chi connectivity index (χ2v) is 3.78. The Morgan fingerprint density at radius 1 is 1.57 bits per heavy atom. The fraction of sp³-hybridized carbons (Fsp3) is 0.100. The zero-order chi connectivity index (χ0) is 9.97. The lowest BCUT2D eigenvalue weighted by Gasteiger charge is -1.88. The lowest BCUT2D eigenvalue weighted by molar-refractivity contribution is 0.490. The molecule has 2 rings (SSSR count). The van der Waals surface area contributed by atoms with Gasteiger partial charge in [0.05, 0.1) is 0 Å². The monoisotopic (exact) mass is 206 g/mol. The summed E-state index contributed by atoms with van der Waals surface area (Å²) in [7, 11) is 0. The molecular formula is C10H10N2OS. The molecule has 0 aliphatic carbocycles. The van der Waals surface area contributed by atoms with Crippen LogP contribution in [0, 0.1) is 0 Å². The van der Waals surface area contributed by atoms with E-state index in [2.05, 4.69) is 11.6 Å². The number of benzene rings is 1. The number of rotatable bonds is 3. The fourth-order valence-corrected chi connectivity index (χ4v) is 1.68. The van der Waals surface area contributed by atoms with E-state index in [1.807, 2.05) is 18.2 Å². The Hall–Kier alpha value is -1.42. The molecule has 0 saturated carbocycles. The van der Waals surface area contributed by atoms with Crippen LogP contribution in [0.5, 0.6) is 0 Å². The molecule has 0 unspecified atom stereocenters. The number of hydrogen-bond acceptors (Lipinski definition) is 4. The molecule has 0 saturated heterocycles. The van der Waals surface area contributed by atoms with Gasteiger partial charge < -0.3 is 10.2 Å². The maximum atomic E-state index is 5.62. The van der Waals surface area contributed by atoms with Crippen molar-refractivity contribution >= 4 is 28.5 Å². The maximum absolute atomic E-state index is 5.62. The number of nitrogens with two attached hydrogens (primary N) is 1. The lowest BCUT2D eigenvalue weighted by Crippen LogP contribution is -1.81. The molecule has 1 aromatic carbocycles. The first-order chi connectivity index (χ1) is 6.79. The summed E-state index contributed by atoms with van der Waals surface area (Å²) in [6.45, 7) is 3.63. The molecule has 0 amide bonds. The standard InChI is InChI=1S/C10H10N2OS/c1-2-5-14-10-12-8-4-3-7(11)6-9(8)13-10/h2-4,6H,1,5,11H2. The van der Waals surface area contributed by atoms with Gasteiger partial charge in [0.1, 0.15) is 5.52 Å². The minimum absolute atomic E-state index is 0.658. The minimum Gasteiger partial charge on any atom is -0.431 e. The quantitative estimate of drug-likeness (QED) is 0.476. The molecule has 0 fully saturated rings. The Balaban J connectivity index is 2.36. The van der Waals surface area contributed by atoms with Gasteiger partial charge in [0.25, 0.3) is 5.22 Å². The van der Waals surface area contributed by atoms with Crippen LogP contribution in [-0.2, 0) is 0 Å². The van der Waals surface area contributed by atoms with Crippen molar-refractivity contribution < 1.29 is 4.42 Å². The number of oxazole rings is 1. The molecule has 1 aromatic heterocycles. The van der Waals surface area contributed by atoms with E-state index in [0.29, 0.717) is 10.9 Å². The van der Waals surface area contributed by atoms with Gasteiger partial charge in [-0.15, -0.1) is 6.58 Å². The van der Waals surface area contributed by atoms with Gasteiger partial charge in [0.2, 0.25) is 0 Å². The minimum atomic E-state index is 0.658. The SMILES string of the molecule is C=CCSc1nc2ccc(N)cc2o1. The van der Waals surface area contributed by atoms with Gasteiger partial charge in [-0.25, -0.2) is 4.98 Å². The molecule has 0 aliphatic rings. The molecule has 3 nitrogen and oxygen atoms in total. The Morgan fingerprint density at radius 2 is 2.43 bits per heavy atom. The average molecular weight is 206 g/mol. The predicted octanol–water partition coefficient (Wildman–Crippen LogP) is 2.69. The van der Waals surface area contributed by atoms with Crippen molar-refractivity contribution in [3.63, 3.8) is 0 Å². The van der Waals surface area contributed by atoms with Gasteiger partial charge in [-0.1, -0.05) is 17.8 Å². The zero-order valence-electron chi connectivity index (χ0n) is 7.56. The summed E-state index contributed by atoms with van der Waals surface area (Å²) in [6.07, 6.45) is 1.81. The van der Waals surface area contributed by atoms with Crippen LogP contribution in [0.25, 0.3) is 11.1 Å². The van der Waals surface area contributed by atoms with E-state index in [9.17, 15) is 0 Å². The van der Waals surface area contributed by atoms with Crippen molar-refractivity contribution in [3.8, 4) is 0 Å². The van der Waals surface area contributed by atoms with Crippen LogP contribution < -0.4 is 5.73 Å². The van der Waals surface area contributed by atoms with Crippen molar-refractivity contribution in [1.82, 2.24) is 4.98 Å². The highest BCUT2D eigenvalue weighted by Crippen LogP contribution is 2.24. The lowest BCUT2D eigenvalue weighted by atomic mass is 10.3. The highest BCUT2D eigenvalue weighted by Gasteiger charge is 2.04. The predicted molar refractivity (Wildman–Crippen MR) is 59.3 cm³/mol. The Bertz CT molecular complexity index is 464. The van der Waals surface area contributed by atoms with Gasteiger partial charge in [0.15, 0.2) is 5.58 Å². The summed E-state index contributed by atoms with van der Waals surface area (Å²) in [4.78, 5) is 4.28. The van der Waals surface area contributed by atoms with Gasteiger partial charge in [-0.3, -0.25) is 0 Å². The third kappa shape index (κ3) is 1.75. The van der Waals surface area contributed by atoms with E-state index in [-0.39, 0.29) is 0 Å². The second-order valence-electron chi connectivity index (χ2n) is 2.81. The summed E-state index contributed by atoms with van der Waals surface area (Å²) in [6, 6.07) is 5.44. The highest BCUT2D eigenvalue weighted by atomic mass is 32.2. The molecule has 2 aromatic rings. The Kier molecular flexibility index (Phi) is 2.45. The number of fused-ring (bicyclic) bond motifs is 1. The van der Waals surface area contributed by atoms with Crippen molar-refractivity contribution in [2.75, 3.05) is 11.5 Å². The first-order valence-corrected chi connectivity index (χ1v) is 5.18. The molecule has 0 radical (unpaired) electrons. The number of nitrogens with zero attached hydrogens (tertiary/aromatic N) is 1. The number of aromatic nitrogens is 1. The van der Waals surface area contributed by atoms with Gasteiger partial charge >= 0.3 is 0 Å². The third-order valence-electron chi connectivity index (χ3n) is 1.72. The normalized spacial score (nSPS) is 10.6. The molecule has 0 atom stereocenters. The molecule has 14 heavy (non-hydrogen) atoms. The van der Waals surface area contributed by atoms with Crippen LogP contribution in [0.1, 0.15) is 0 Å². The van der Waals surface area contributed by atoms with Crippen LogP contribution in [0.2, 0.25) is 0 Å². The van der Waals surface area contributed by atoms with E-state index in [0.717, 1.165) is 16.9 Å². The first kappa shape index (κ1) is 9.15. The van der Waals surface area contributed by atoms with Crippen molar-refractivity contribution in [3.05, 3.63) is 30.9 Å². The summed E-state index contributed by atoms with van der Waals surface area (Å²) >= 11 is 1.52. The molecule has 4 heteroatoms. The van der Waals surface area contributed by atoms with Crippen LogP contribution in [0.15, 0.2) is 40.5 Å². The van der Waals surface area contributed by atoms with Gasteiger partial charge in [0, 0.05) is 17.5 Å². The largest absolute Gasteiger partial charge is 0.431 e. The van der Waals surface area contributed by atoms with Crippen LogP contribution in [0.3, 0.4) is 0 Å². The smallest absolute Gasteiger partial charge is 0.257 e. The number of nitrogen functional groups attached to an aromatic ring is 1. The number of thioether (sulfide) groups is 1. The van der Waals surface area contributed by atoms with Gasteiger partial charge in [-0.2, -0.15) is 0 Å². The van der Waals surface area contributed by atoms with Crippen molar-refractivity contribution in [2.45, 2.75) is 5.22 Å². The average Bonchev–Trinajstić information content (AvgIpc) is 2.56. The maximum Gasteiger partial charge on any atom is 0.257 e. The second kappa shape index (κ2) is 3.75. The molecule has 2 N–H and O–H groups in total. The van der Waals surface area contributed by atoms with E-state index < -0.39 is 0 Å². The van der Waals surface area contributed by atoms with E-state index in [1.165, 1.54) is 11.8 Å². The van der Waals surface area contributed by atoms with Gasteiger partial charge in [-0.05, 0) is 12.1 Å². The summed E-state index contributed by atoms with van der Waals surface area (Å²) in [5, 5.41) is 0.658. The zero-order valence-corrected chi connectivity index (χ0v) is 8.38. The number of hydrogen-bond donors (Lipinski definition) is 1. The highest BCUT2D eigenvalue weighted by molar-refractivity contribution is 7.99. The van der Waals surface area contributed by atoms with Crippen LogP contribution in [-0.4, -0.2) is 10.7 Å². The van der Waals surface area contributed by atoms with E-state index in [4.69, 9.17) is 10.2 Å². The summed E-state index contributed by atoms with van der Waals surface area (Å²) in [5.41, 5.74) is 7.88. The Labute approximate surface area is 86.0 Å². The van der Waals surface area contributed by atoms with Crippen LogP contribution in [0.4, 0.5) is 5.69 Å². The van der Waals surface area contributed by atoms with Crippen molar-refractivity contribution in [1.29, 1.82) is 0 Å².